The Bertz CT molecular complexity index is 893. The third-order valence-electron chi connectivity index (χ3n) is 3.76. The standard InChI is InChI=1S/C17H13F6N3/c18-16(19,20)11-3-1-10(2-4-11)8-24-9-15-25-13-6-5-12(17(21,22)23)7-14(13)26-15/h1-7,24H,8-9H2,(H,25,26). The molecule has 2 aromatic carbocycles. The summed E-state index contributed by atoms with van der Waals surface area (Å²) in [7, 11) is 0. The van der Waals surface area contributed by atoms with Crippen LogP contribution in [0.1, 0.15) is 22.5 Å². The Morgan fingerprint density at radius 3 is 2.04 bits per heavy atom. The van der Waals surface area contributed by atoms with Crippen molar-refractivity contribution in [2.24, 2.45) is 0 Å². The van der Waals surface area contributed by atoms with Crippen LogP contribution < -0.4 is 5.32 Å². The Balaban J connectivity index is 1.63. The molecule has 138 valence electrons. The molecule has 26 heavy (non-hydrogen) atoms. The van der Waals surface area contributed by atoms with Crippen molar-refractivity contribution in [3.8, 4) is 0 Å². The van der Waals surface area contributed by atoms with Gasteiger partial charge in [-0.3, -0.25) is 0 Å². The highest BCUT2D eigenvalue weighted by atomic mass is 19.4. The number of benzene rings is 2. The molecule has 0 aliphatic heterocycles. The number of aromatic nitrogens is 2. The molecule has 0 amide bonds. The summed E-state index contributed by atoms with van der Waals surface area (Å²) >= 11 is 0. The first-order chi connectivity index (χ1) is 12.1. The van der Waals surface area contributed by atoms with Crippen molar-refractivity contribution in [3.05, 3.63) is 65.0 Å². The minimum Gasteiger partial charge on any atom is -0.341 e. The van der Waals surface area contributed by atoms with E-state index in [1.54, 1.807) is 0 Å². The predicted octanol–water partition coefficient (Wildman–Crippen LogP) is 4.89. The highest BCUT2D eigenvalue weighted by Crippen LogP contribution is 2.31. The third-order valence-corrected chi connectivity index (χ3v) is 3.76. The van der Waals surface area contributed by atoms with Gasteiger partial charge >= 0.3 is 12.4 Å². The molecule has 1 aromatic heterocycles. The van der Waals surface area contributed by atoms with Crippen LogP contribution in [0, 0.1) is 0 Å². The van der Waals surface area contributed by atoms with Crippen LogP contribution in [0.5, 0.6) is 0 Å². The summed E-state index contributed by atoms with van der Waals surface area (Å²) in [5.74, 6) is 0.436. The van der Waals surface area contributed by atoms with Crippen LogP contribution in [0.4, 0.5) is 26.3 Å². The Labute approximate surface area is 144 Å². The third kappa shape index (κ3) is 4.16. The van der Waals surface area contributed by atoms with E-state index in [4.69, 9.17) is 0 Å². The molecule has 0 spiro atoms. The summed E-state index contributed by atoms with van der Waals surface area (Å²) in [6.07, 6.45) is -8.81. The Morgan fingerprint density at radius 2 is 1.42 bits per heavy atom. The molecule has 0 aliphatic rings. The van der Waals surface area contributed by atoms with Crippen LogP contribution in [0.25, 0.3) is 11.0 Å². The average molecular weight is 373 g/mol. The Hall–Kier alpha value is -2.55. The number of hydrogen-bond donors (Lipinski definition) is 2. The number of nitrogens with one attached hydrogen (secondary N) is 2. The number of aromatic amines is 1. The van der Waals surface area contributed by atoms with E-state index in [0.29, 0.717) is 23.4 Å². The van der Waals surface area contributed by atoms with Gasteiger partial charge in [0.15, 0.2) is 0 Å². The lowest BCUT2D eigenvalue weighted by Gasteiger charge is -2.08. The summed E-state index contributed by atoms with van der Waals surface area (Å²) < 4.78 is 75.6. The number of imidazole rings is 1. The van der Waals surface area contributed by atoms with E-state index in [1.807, 2.05) is 0 Å². The van der Waals surface area contributed by atoms with Gasteiger partial charge in [-0.15, -0.1) is 0 Å². The lowest BCUT2D eigenvalue weighted by atomic mass is 10.1. The second-order valence-electron chi connectivity index (χ2n) is 5.71. The summed E-state index contributed by atoms with van der Waals surface area (Å²) in [6, 6.07) is 7.96. The maximum atomic E-state index is 12.7. The summed E-state index contributed by atoms with van der Waals surface area (Å²) in [5.41, 5.74) is -0.166. The van der Waals surface area contributed by atoms with Gasteiger partial charge < -0.3 is 10.3 Å². The first-order valence-electron chi connectivity index (χ1n) is 7.55. The molecular weight excluding hydrogens is 360 g/mol. The first kappa shape index (κ1) is 18.2. The number of fused-ring (bicyclic) bond motifs is 1. The molecule has 0 radical (unpaired) electrons. The highest BCUT2D eigenvalue weighted by Gasteiger charge is 2.31. The topological polar surface area (TPSA) is 40.7 Å². The van der Waals surface area contributed by atoms with Crippen LogP contribution in [0.2, 0.25) is 0 Å². The van der Waals surface area contributed by atoms with Crippen LogP contribution >= 0.6 is 0 Å². The van der Waals surface area contributed by atoms with Gasteiger partial charge in [0.2, 0.25) is 0 Å². The number of hydrogen-bond acceptors (Lipinski definition) is 2. The van der Waals surface area contributed by atoms with E-state index in [-0.39, 0.29) is 12.1 Å². The minimum absolute atomic E-state index is 0.233. The van der Waals surface area contributed by atoms with Crippen molar-refractivity contribution in [2.75, 3.05) is 0 Å². The quantitative estimate of drug-likeness (QED) is 0.640. The van der Waals surface area contributed by atoms with E-state index in [2.05, 4.69) is 15.3 Å². The maximum Gasteiger partial charge on any atom is 0.416 e. The van der Waals surface area contributed by atoms with Crippen molar-refractivity contribution < 1.29 is 26.3 Å². The van der Waals surface area contributed by atoms with Crippen LogP contribution in [0.15, 0.2) is 42.5 Å². The van der Waals surface area contributed by atoms with Crippen molar-refractivity contribution in [3.63, 3.8) is 0 Å². The van der Waals surface area contributed by atoms with Gasteiger partial charge in [0, 0.05) is 6.54 Å². The van der Waals surface area contributed by atoms with Crippen molar-refractivity contribution >= 4 is 11.0 Å². The average Bonchev–Trinajstić information content (AvgIpc) is 2.95. The summed E-state index contributed by atoms with van der Waals surface area (Å²) in [4.78, 5) is 6.98. The van der Waals surface area contributed by atoms with Crippen molar-refractivity contribution in [1.82, 2.24) is 15.3 Å². The molecule has 0 saturated heterocycles. The van der Waals surface area contributed by atoms with E-state index in [1.165, 1.54) is 18.2 Å². The SMILES string of the molecule is FC(F)(F)c1ccc(CNCc2nc3ccc(C(F)(F)F)cc3[nH]2)cc1. The second-order valence-corrected chi connectivity index (χ2v) is 5.71. The molecule has 0 aliphatic carbocycles. The van der Waals surface area contributed by atoms with Crippen LogP contribution in [0.3, 0.4) is 0 Å². The zero-order valence-corrected chi connectivity index (χ0v) is 13.2. The fourth-order valence-corrected chi connectivity index (χ4v) is 2.46. The van der Waals surface area contributed by atoms with Gasteiger partial charge in [-0.2, -0.15) is 26.3 Å². The molecule has 0 fully saturated rings. The van der Waals surface area contributed by atoms with Crippen molar-refractivity contribution in [2.45, 2.75) is 25.4 Å². The number of halogens is 6. The normalized spacial score (nSPS) is 12.7. The molecule has 2 N–H and O–H groups in total. The van der Waals surface area contributed by atoms with Gasteiger partial charge in [0.05, 0.1) is 28.7 Å². The second kappa shape index (κ2) is 6.64. The number of nitrogens with zero attached hydrogens (tertiary/aromatic N) is 1. The zero-order valence-electron chi connectivity index (χ0n) is 13.2. The van der Waals surface area contributed by atoms with Crippen LogP contribution in [-0.4, -0.2) is 9.97 Å². The van der Waals surface area contributed by atoms with Crippen LogP contribution in [-0.2, 0) is 25.4 Å². The largest absolute Gasteiger partial charge is 0.416 e. The monoisotopic (exact) mass is 373 g/mol. The Morgan fingerprint density at radius 1 is 0.808 bits per heavy atom. The van der Waals surface area contributed by atoms with Crippen molar-refractivity contribution in [1.29, 1.82) is 0 Å². The van der Waals surface area contributed by atoms with E-state index < -0.39 is 23.5 Å². The predicted molar refractivity (Wildman–Crippen MR) is 83.1 cm³/mol. The molecule has 0 atom stereocenters. The van der Waals surface area contributed by atoms with Gasteiger partial charge in [-0.05, 0) is 35.9 Å². The smallest absolute Gasteiger partial charge is 0.341 e. The van der Waals surface area contributed by atoms with Gasteiger partial charge in [-0.25, -0.2) is 4.98 Å². The van der Waals surface area contributed by atoms with E-state index >= 15 is 0 Å². The molecule has 9 heteroatoms. The summed E-state index contributed by atoms with van der Waals surface area (Å²) in [5, 5.41) is 2.98. The molecule has 3 rings (SSSR count). The Kier molecular flexibility index (Phi) is 4.66. The number of H-pyrrole nitrogens is 1. The van der Waals surface area contributed by atoms with E-state index in [0.717, 1.165) is 24.3 Å². The minimum atomic E-state index is -4.43. The van der Waals surface area contributed by atoms with Gasteiger partial charge in [0.1, 0.15) is 5.82 Å². The van der Waals surface area contributed by atoms with Gasteiger partial charge in [0.25, 0.3) is 0 Å². The van der Waals surface area contributed by atoms with Gasteiger partial charge in [-0.1, -0.05) is 12.1 Å². The lowest BCUT2D eigenvalue weighted by Crippen LogP contribution is -2.14. The number of alkyl halides is 6. The first-order valence-corrected chi connectivity index (χ1v) is 7.55. The molecule has 1 heterocycles. The molecule has 3 aromatic rings. The fourth-order valence-electron chi connectivity index (χ4n) is 2.46. The van der Waals surface area contributed by atoms with E-state index in [9.17, 15) is 26.3 Å². The molecular formula is C17H13F6N3. The molecule has 3 nitrogen and oxygen atoms in total. The molecule has 0 unspecified atom stereocenters. The molecule has 0 saturated carbocycles. The highest BCUT2D eigenvalue weighted by molar-refractivity contribution is 5.76. The molecule has 0 bridgehead atoms. The number of rotatable bonds is 4. The lowest BCUT2D eigenvalue weighted by molar-refractivity contribution is -0.138. The summed E-state index contributed by atoms with van der Waals surface area (Å²) in [6.45, 7) is 0.528. The zero-order chi connectivity index (χ0) is 18.9. The maximum absolute atomic E-state index is 12.7. The fraction of sp³-hybridized carbons (Fsp3) is 0.235.